The Morgan fingerprint density at radius 3 is 2.96 bits per heavy atom. The second kappa shape index (κ2) is 7.81. The zero-order valence-electron chi connectivity index (χ0n) is 12.9. The Balaban J connectivity index is 0.00000192. The highest BCUT2D eigenvalue weighted by Gasteiger charge is 2.20. The SMILES string of the molecule is Cl.Cn1cc(C(=O)NCC2CCCN2)c(-c2ccccc2Cl)n1. The number of carbonyl (C=O) groups excluding carboxylic acids is 1. The average Bonchev–Trinajstić information content (AvgIpc) is 3.14. The van der Waals surface area contributed by atoms with Gasteiger partial charge in [0, 0.05) is 31.4 Å². The molecule has 1 aromatic carbocycles. The van der Waals surface area contributed by atoms with Crippen LogP contribution in [0.4, 0.5) is 0 Å². The summed E-state index contributed by atoms with van der Waals surface area (Å²) >= 11 is 6.23. The molecule has 1 aliphatic heterocycles. The zero-order valence-corrected chi connectivity index (χ0v) is 14.5. The second-order valence-electron chi connectivity index (χ2n) is 5.55. The molecule has 1 unspecified atom stereocenters. The van der Waals surface area contributed by atoms with E-state index in [4.69, 9.17) is 11.6 Å². The van der Waals surface area contributed by atoms with Crippen molar-refractivity contribution in [3.63, 3.8) is 0 Å². The van der Waals surface area contributed by atoms with Crippen LogP contribution >= 0.6 is 24.0 Å². The van der Waals surface area contributed by atoms with Crippen LogP contribution in [0.5, 0.6) is 0 Å². The van der Waals surface area contributed by atoms with E-state index < -0.39 is 0 Å². The van der Waals surface area contributed by atoms with Crippen LogP contribution in [0.3, 0.4) is 0 Å². The van der Waals surface area contributed by atoms with E-state index in [1.54, 1.807) is 24.0 Å². The van der Waals surface area contributed by atoms with Gasteiger partial charge in [0.25, 0.3) is 5.91 Å². The van der Waals surface area contributed by atoms with Gasteiger partial charge in [0.1, 0.15) is 5.69 Å². The van der Waals surface area contributed by atoms with Crippen LogP contribution in [0.15, 0.2) is 30.5 Å². The maximum absolute atomic E-state index is 12.5. The second-order valence-corrected chi connectivity index (χ2v) is 5.96. The third-order valence-corrected chi connectivity index (χ3v) is 4.20. The number of halogens is 2. The third-order valence-electron chi connectivity index (χ3n) is 3.87. The van der Waals surface area contributed by atoms with Gasteiger partial charge >= 0.3 is 0 Å². The summed E-state index contributed by atoms with van der Waals surface area (Å²) in [4.78, 5) is 12.5. The topological polar surface area (TPSA) is 59.0 Å². The molecule has 1 aliphatic rings. The first kappa shape index (κ1) is 17.8. The highest BCUT2D eigenvalue weighted by molar-refractivity contribution is 6.33. The molecule has 23 heavy (non-hydrogen) atoms. The number of aryl methyl sites for hydroxylation is 1. The molecule has 2 heterocycles. The van der Waals surface area contributed by atoms with Crippen molar-refractivity contribution in [1.82, 2.24) is 20.4 Å². The molecule has 1 amide bonds. The quantitative estimate of drug-likeness (QED) is 0.887. The Morgan fingerprint density at radius 1 is 1.48 bits per heavy atom. The summed E-state index contributed by atoms with van der Waals surface area (Å²) < 4.78 is 1.64. The summed E-state index contributed by atoms with van der Waals surface area (Å²) in [6.07, 6.45) is 4.00. The maximum atomic E-state index is 12.5. The number of hydrogen-bond donors (Lipinski definition) is 2. The van der Waals surface area contributed by atoms with Crippen molar-refractivity contribution in [3.8, 4) is 11.3 Å². The highest BCUT2D eigenvalue weighted by Crippen LogP contribution is 2.28. The number of carbonyl (C=O) groups is 1. The average molecular weight is 355 g/mol. The van der Waals surface area contributed by atoms with E-state index in [2.05, 4.69) is 15.7 Å². The lowest BCUT2D eigenvalue weighted by atomic mass is 10.1. The van der Waals surface area contributed by atoms with E-state index in [0.29, 0.717) is 28.9 Å². The van der Waals surface area contributed by atoms with Gasteiger partial charge in [0.05, 0.1) is 10.6 Å². The number of nitrogens with one attached hydrogen (secondary N) is 2. The number of amides is 1. The molecule has 0 radical (unpaired) electrons. The first-order chi connectivity index (χ1) is 10.6. The summed E-state index contributed by atoms with van der Waals surface area (Å²) in [6.45, 7) is 1.66. The largest absolute Gasteiger partial charge is 0.350 e. The minimum absolute atomic E-state index is 0. The van der Waals surface area contributed by atoms with Gasteiger partial charge in [0.15, 0.2) is 0 Å². The van der Waals surface area contributed by atoms with E-state index in [0.717, 1.165) is 24.9 Å². The van der Waals surface area contributed by atoms with E-state index in [1.807, 2.05) is 18.2 Å². The predicted octanol–water partition coefficient (Wildman–Crippen LogP) is 2.64. The smallest absolute Gasteiger partial charge is 0.255 e. The molecule has 2 aromatic rings. The number of aromatic nitrogens is 2. The molecule has 3 rings (SSSR count). The van der Waals surface area contributed by atoms with Gasteiger partial charge in [-0.2, -0.15) is 5.10 Å². The van der Waals surface area contributed by atoms with Crippen LogP contribution < -0.4 is 10.6 Å². The summed E-state index contributed by atoms with van der Waals surface area (Å²) in [5, 5.41) is 11.3. The van der Waals surface area contributed by atoms with Gasteiger partial charge in [-0.15, -0.1) is 12.4 Å². The summed E-state index contributed by atoms with van der Waals surface area (Å²) in [7, 11) is 1.80. The molecule has 1 atom stereocenters. The van der Waals surface area contributed by atoms with Crippen LogP contribution in [0.2, 0.25) is 5.02 Å². The van der Waals surface area contributed by atoms with E-state index >= 15 is 0 Å². The van der Waals surface area contributed by atoms with Crippen molar-refractivity contribution >= 4 is 29.9 Å². The Hall–Kier alpha value is -1.56. The normalized spacial score (nSPS) is 16.9. The molecule has 124 valence electrons. The number of rotatable bonds is 4. The van der Waals surface area contributed by atoms with Crippen LogP contribution in [0.1, 0.15) is 23.2 Å². The molecule has 1 fully saturated rings. The van der Waals surface area contributed by atoms with Gasteiger partial charge in [-0.1, -0.05) is 29.8 Å². The van der Waals surface area contributed by atoms with Crippen LogP contribution in [0.25, 0.3) is 11.3 Å². The van der Waals surface area contributed by atoms with Crippen molar-refractivity contribution in [3.05, 3.63) is 41.0 Å². The van der Waals surface area contributed by atoms with Crippen LogP contribution in [-0.4, -0.2) is 34.8 Å². The van der Waals surface area contributed by atoms with Crippen molar-refractivity contribution in [2.75, 3.05) is 13.1 Å². The summed E-state index contributed by atoms with van der Waals surface area (Å²) in [5.41, 5.74) is 1.94. The van der Waals surface area contributed by atoms with Crippen LogP contribution in [-0.2, 0) is 7.05 Å². The van der Waals surface area contributed by atoms with Gasteiger partial charge in [-0.3, -0.25) is 9.48 Å². The summed E-state index contributed by atoms with van der Waals surface area (Å²) in [5.74, 6) is -0.114. The predicted molar refractivity (Wildman–Crippen MR) is 94.3 cm³/mol. The minimum Gasteiger partial charge on any atom is -0.350 e. The van der Waals surface area contributed by atoms with E-state index in [-0.39, 0.29) is 18.3 Å². The zero-order chi connectivity index (χ0) is 15.5. The molecule has 0 saturated carbocycles. The van der Waals surface area contributed by atoms with Gasteiger partial charge < -0.3 is 10.6 Å². The lowest BCUT2D eigenvalue weighted by Gasteiger charge is -2.11. The molecule has 5 nitrogen and oxygen atoms in total. The van der Waals surface area contributed by atoms with Gasteiger partial charge in [-0.25, -0.2) is 0 Å². The fraction of sp³-hybridized carbons (Fsp3) is 0.375. The minimum atomic E-state index is -0.114. The fourth-order valence-electron chi connectivity index (χ4n) is 2.75. The van der Waals surface area contributed by atoms with Gasteiger partial charge in [-0.05, 0) is 25.5 Å². The Bertz CT molecular complexity index is 680. The molecule has 0 aliphatic carbocycles. The maximum Gasteiger partial charge on any atom is 0.255 e. The Morgan fingerprint density at radius 2 is 2.26 bits per heavy atom. The molecule has 0 bridgehead atoms. The molecular weight excluding hydrogens is 335 g/mol. The number of nitrogens with zero attached hydrogens (tertiary/aromatic N) is 2. The van der Waals surface area contributed by atoms with Crippen molar-refractivity contribution in [2.24, 2.45) is 7.05 Å². The third kappa shape index (κ3) is 4.05. The Labute approximate surface area is 146 Å². The molecule has 7 heteroatoms. The van der Waals surface area contributed by atoms with Crippen molar-refractivity contribution < 1.29 is 4.79 Å². The standard InChI is InChI=1S/C16H19ClN4O.ClH/c1-21-10-13(16(22)19-9-11-5-4-8-18-11)15(20-21)12-6-2-3-7-14(12)17;/h2-3,6-7,10-11,18H,4-5,8-9H2,1H3,(H,19,22);1H. The molecular formula is C16H20Cl2N4O. The van der Waals surface area contributed by atoms with E-state index in [9.17, 15) is 4.79 Å². The lowest BCUT2D eigenvalue weighted by molar-refractivity contribution is 0.0951. The molecule has 1 saturated heterocycles. The number of benzene rings is 1. The monoisotopic (exact) mass is 354 g/mol. The molecule has 0 spiro atoms. The number of hydrogen-bond acceptors (Lipinski definition) is 3. The first-order valence-electron chi connectivity index (χ1n) is 7.45. The molecule has 1 aromatic heterocycles. The van der Waals surface area contributed by atoms with Crippen molar-refractivity contribution in [1.29, 1.82) is 0 Å². The lowest BCUT2D eigenvalue weighted by Crippen LogP contribution is -2.37. The first-order valence-corrected chi connectivity index (χ1v) is 7.83. The summed E-state index contributed by atoms with van der Waals surface area (Å²) in [6, 6.07) is 7.79. The molecule has 2 N–H and O–H groups in total. The fourth-order valence-corrected chi connectivity index (χ4v) is 2.97. The highest BCUT2D eigenvalue weighted by atomic mass is 35.5. The van der Waals surface area contributed by atoms with Crippen molar-refractivity contribution in [2.45, 2.75) is 18.9 Å². The van der Waals surface area contributed by atoms with Gasteiger partial charge in [0.2, 0.25) is 0 Å². The Kier molecular flexibility index (Phi) is 6.04. The van der Waals surface area contributed by atoms with Crippen LogP contribution in [0, 0.1) is 0 Å². The van der Waals surface area contributed by atoms with E-state index in [1.165, 1.54) is 0 Å².